The van der Waals surface area contributed by atoms with Crippen LogP contribution in [0.2, 0.25) is 0 Å². The molecule has 0 saturated heterocycles. The second-order valence-corrected chi connectivity index (χ2v) is 5.41. The molecule has 0 aromatic carbocycles. The fourth-order valence-electron chi connectivity index (χ4n) is 3.32. The minimum atomic E-state index is 0.674. The number of rotatable bonds is 5. The molecular formula is C15H25NO. The van der Waals surface area contributed by atoms with Crippen molar-refractivity contribution < 1.29 is 4.42 Å². The van der Waals surface area contributed by atoms with Crippen LogP contribution in [0.5, 0.6) is 0 Å². The molecule has 0 aliphatic heterocycles. The number of furan rings is 1. The highest BCUT2D eigenvalue weighted by molar-refractivity contribution is 5.01. The second kappa shape index (κ2) is 6.25. The summed E-state index contributed by atoms with van der Waals surface area (Å²) in [4.78, 5) is 0. The van der Waals surface area contributed by atoms with Gasteiger partial charge in [-0.3, -0.25) is 0 Å². The molecule has 1 aromatic rings. The van der Waals surface area contributed by atoms with E-state index < -0.39 is 0 Å². The Labute approximate surface area is 105 Å². The van der Waals surface area contributed by atoms with Crippen molar-refractivity contribution in [2.45, 2.75) is 51.5 Å². The topological polar surface area (TPSA) is 25.2 Å². The van der Waals surface area contributed by atoms with Gasteiger partial charge in [0.1, 0.15) is 5.76 Å². The van der Waals surface area contributed by atoms with E-state index in [2.05, 4.69) is 25.4 Å². The molecule has 0 spiro atoms. The Morgan fingerprint density at radius 1 is 1.41 bits per heavy atom. The Morgan fingerprint density at radius 3 is 2.94 bits per heavy atom. The molecule has 1 saturated carbocycles. The van der Waals surface area contributed by atoms with Crippen LogP contribution in [-0.2, 0) is 6.42 Å². The van der Waals surface area contributed by atoms with Gasteiger partial charge in [0.05, 0.1) is 6.26 Å². The highest BCUT2D eigenvalue weighted by Gasteiger charge is 2.29. The summed E-state index contributed by atoms with van der Waals surface area (Å²) in [7, 11) is 2.10. The highest BCUT2D eigenvalue weighted by atomic mass is 16.3. The summed E-state index contributed by atoms with van der Waals surface area (Å²) in [6.07, 6.45) is 9.68. The molecule has 2 heteroatoms. The van der Waals surface area contributed by atoms with Crippen LogP contribution >= 0.6 is 0 Å². The summed E-state index contributed by atoms with van der Waals surface area (Å²) in [5.74, 6) is 2.83. The second-order valence-electron chi connectivity index (χ2n) is 5.41. The molecule has 1 aliphatic rings. The van der Waals surface area contributed by atoms with Crippen molar-refractivity contribution in [2.75, 3.05) is 7.05 Å². The molecule has 0 amide bonds. The molecule has 3 unspecified atom stereocenters. The minimum Gasteiger partial charge on any atom is -0.469 e. The fourth-order valence-corrected chi connectivity index (χ4v) is 3.32. The molecule has 2 nitrogen and oxygen atoms in total. The summed E-state index contributed by atoms with van der Waals surface area (Å²) in [5, 5.41) is 3.49. The van der Waals surface area contributed by atoms with Gasteiger partial charge >= 0.3 is 0 Å². The molecule has 1 heterocycles. The van der Waals surface area contributed by atoms with Crippen molar-refractivity contribution in [2.24, 2.45) is 11.8 Å². The van der Waals surface area contributed by atoms with E-state index in [0.717, 1.165) is 24.0 Å². The van der Waals surface area contributed by atoms with E-state index in [1.807, 2.05) is 6.07 Å². The third-order valence-electron chi connectivity index (χ3n) is 4.20. The SMILES string of the molecule is CCCC1CCC(NC)C(Cc2ccco2)C1. The van der Waals surface area contributed by atoms with Gasteiger partial charge in [-0.05, 0) is 50.3 Å². The summed E-state index contributed by atoms with van der Waals surface area (Å²) in [6.45, 7) is 2.30. The molecule has 96 valence electrons. The third kappa shape index (κ3) is 3.35. The average Bonchev–Trinajstić information content (AvgIpc) is 2.83. The van der Waals surface area contributed by atoms with Crippen LogP contribution in [-0.4, -0.2) is 13.1 Å². The summed E-state index contributed by atoms with van der Waals surface area (Å²) in [6, 6.07) is 4.78. The van der Waals surface area contributed by atoms with Crippen molar-refractivity contribution in [1.82, 2.24) is 5.32 Å². The zero-order valence-electron chi connectivity index (χ0n) is 11.1. The van der Waals surface area contributed by atoms with Gasteiger partial charge in [-0.25, -0.2) is 0 Å². The molecule has 1 aromatic heterocycles. The van der Waals surface area contributed by atoms with Gasteiger partial charge in [0, 0.05) is 12.5 Å². The van der Waals surface area contributed by atoms with E-state index in [9.17, 15) is 0 Å². The molecule has 0 radical (unpaired) electrons. The molecular weight excluding hydrogens is 210 g/mol. The maximum Gasteiger partial charge on any atom is 0.104 e. The van der Waals surface area contributed by atoms with Crippen LogP contribution in [0.25, 0.3) is 0 Å². The van der Waals surface area contributed by atoms with E-state index in [0.29, 0.717) is 6.04 Å². The van der Waals surface area contributed by atoms with Gasteiger partial charge in [0.2, 0.25) is 0 Å². The van der Waals surface area contributed by atoms with Crippen molar-refractivity contribution in [1.29, 1.82) is 0 Å². The van der Waals surface area contributed by atoms with Crippen LogP contribution < -0.4 is 5.32 Å². The van der Waals surface area contributed by atoms with Crippen LogP contribution in [0.4, 0.5) is 0 Å². The van der Waals surface area contributed by atoms with Crippen molar-refractivity contribution in [3.8, 4) is 0 Å². The van der Waals surface area contributed by atoms with E-state index in [1.54, 1.807) is 6.26 Å². The van der Waals surface area contributed by atoms with E-state index in [-0.39, 0.29) is 0 Å². The summed E-state index contributed by atoms with van der Waals surface area (Å²) in [5.41, 5.74) is 0. The maximum atomic E-state index is 5.50. The Kier molecular flexibility index (Phi) is 4.66. The normalized spacial score (nSPS) is 29.4. The van der Waals surface area contributed by atoms with Gasteiger partial charge in [0.25, 0.3) is 0 Å². The first kappa shape index (κ1) is 12.7. The predicted octanol–water partition coefficient (Wildman–Crippen LogP) is 3.63. The van der Waals surface area contributed by atoms with Crippen molar-refractivity contribution in [3.63, 3.8) is 0 Å². The predicted molar refractivity (Wildman–Crippen MR) is 71.0 cm³/mol. The van der Waals surface area contributed by atoms with Crippen LogP contribution in [0.1, 0.15) is 44.8 Å². The molecule has 1 N–H and O–H groups in total. The summed E-state index contributed by atoms with van der Waals surface area (Å²) < 4.78 is 5.50. The molecule has 1 aliphatic carbocycles. The molecule has 17 heavy (non-hydrogen) atoms. The number of nitrogens with one attached hydrogen (secondary N) is 1. The average molecular weight is 235 g/mol. The Balaban J connectivity index is 1.94. The largest absolute Gasteiger partial charge is 0.469 e. The first-order chi connectivity index (χ1) is 8.33. The number of hydrogen-bond acceptors (Lipinski definition) is 2. The van der Waals surface area contributed by atoms with E-state index in [1.165, 1.54) is 32.1 Å². The first-order valence-corrected chi connectivity index (χ1v) is 7.03. The van der Waals surface area contributed by atoms with E-state index >= 15 is 0 Å². The van der Waals surface area contributed by atoms with E-state index in [4.69, 9.17) is 4.42 Å². The van der Waals surface area contributed by atoms with Crippen molar-refractivity contribution in [3.05, 3.63) is 24.2 Å². The van der Waals surface area contributed by atoms with Gasteiger partial charge in [0.15, 0.2) is 0 Å². The van der Waals surface area contributed by atoms with Gasteiger partial charge in [-0.2, -0.15) is 0 Å². The monoisotopic (exact) mass is 235 g/mol. The van der Waals surface area contributed by atoms with Gasteiger partial charge in [-0.1, -0.05) is 19.8 Å². The standard InChI is InChI=1S/C15H25NO/c1-3-5-12-7-8-15(16-2)13(10-12)11-14-6-4-9-17-14/h4,6,9,12-13,15-16H,3,5,7-8,10-11H2,1-2H3. The quantitative estimate of drug-likeness (QED) is 0.843. The maximum absolute atomic E-state index is 5.50. The van der Waals surface area contributed by atoms with Crippen LogP contribution in [0, 0.1) is 11.8 Å². The van der Waals surface area contributed by atoms with Crippen LogP contribution in [0.3, 0.4) is 0 Å². The Morgan fingerprint density at radius 2 is 2.29 bits per heavy atom. The zero-order valence-corrected chi connectivity index (χ0v) is 11.1. The lowest BCUT2D eigenvalue weighted by atomic mass is 9.74. The number of hydrogen-bond donors (Lipinski definition) is 1. The van der Waals surface area contributed by atoms with Crippen LogP contribution in [0.15, 0.2) is 22.8 Å². The zero-order chi connectivity index (χ0) is 12.1. The van der Waals surface area contributed by atoms with Gasteiger partial charge in [-0.15, -0.1) is 0 Å². The lowest BCUT2D eigenvalue weighted by Gasteiger charge is -2.35. The lowest BCUT2D eigenvalue weighted by molar-refractivity contribution is 0.194. The Bertz CT molecular complexity index is 307. The fraction of sp³-hybridized carbons (Fsp3) is 0.733. The molecule has 2 rings (SSSR count). The molecule has 1 fully saturated rings. The summed E-state index contributed by atoms with van der Waals surface area (Å²) >= 11 is 0. The van der Waals surface area contributed by atoms with Gasteiger partial charge < -0.3 is 9.73 Å². The molecule has 3 atom stereocenters. The lowest BCUT2D eigenvalue weighted by Crippen LogP contribution is -2.39. The highest BCUT2D eigenvalue weighted by Crippen LogP contribution is 2.34. The molecule has 0 bridgehead atoms. The minimum absolute atomic E-state index is 0.674. The smallest absolute Gasteiger partial charge is 0.104 e. The van der Waals surface area contributed by atoms with Crippen molar-refractivity contribution >= 4 is 0 Å². The Hall–Kier alpha value is -0.760. The third-order valence-corrected chi connectivity index (χ3v) is 4.20. The first-order valence-electron chi connectivity index (χ1n) is 7.03.